The average Bonchev–Trinajstić information content (AvgIpc) is 2.84. The summed E-state index contributed by atoms with van der Waals surface area (Å²) in [5.41, 5.74) is -17.9. The van der Waals surface area contributed by atoms with E-state index in [1.54, 1.807) is 0 Å². The van der Waals surface area contributed by atoms with Crippen LogP contribution in [-0.2, 0) is 11.0 Å². The van der Waals surface area contributed by atoms with E-state index in [4.69, 9.17) is 0 Å². The molecule has 0 aliphatic rings. The molecule has 0 heterocycles. The summed E-state index contributed by atoms with van der Waals surface area (Å²) in [7, 11) is 0. The summed E-state index contributed by atoms with van der Waals surface area (Å²) in [5, 5.41) is 38.4. The molecule has 0 spiro atoms. The van der Waals surface area contributed by atoms with Crippen LogP contribution in [0.25, 0.3) is 5.57 Å². The van der Waals surface area contributed by atoms with Crippen molar-refractivity contribution in [2.75, 3.05) is 0 Å². The van der Waals surface area contributed by atoms with Crippen LogP contribution in [0.2, 0.25) is 0 Å². The van der Waals surface area contributed by atoms with Crippen molar-refractivity contribution in [1.29, 1.82) is 0 Å². The van der Waals surface area contributed by atoms with Crippen LogP contribution < -0.4 is 0 Å². The predicted octanol–water partition coefficient (Wildman–Crippen LogP) is 7.58. The molecule has 0 aliphatic carbocycles. The van der Waals surface area contributed by atoms with Crippen molar-refractivity contribution >= 4 is 5.57 Å². The maximum atomic E-state index is 13.4. The molecule has 2 rings (SSSR count). The minimum Gasteiger partial charge on any atom is -0.508 e. The molecule has 0 saturated heterocycles. The van der Waals surface area contributed by atoms with Crippen molar-refractivity contribution in [3.8, 4) is 5.75 Å². The molecule has 4 nitrogen and oxygen atoms in total. The Bertz CT molecular complexity index is 1350. The smallest absolute Gasteiger partial charge is 0.430 e. The third-order valence-electron chi connectivity index (χ3n) is 6.94. The molecule has 0 fully saturated rings. The molecule has 0 aliphatic heterocycles. The molecule has 4 N–H and O–H groups in total. The normalized spacial score (nSPS) is 15.8. The van der Waals surface area contributed by atoms with Gasteiger partial charge in [-0.25, -0.2) is 0 Å². The first-order chi connectivity index (χ1) is 19.8. The Labute approximate surface area is 243 Å². The van der Waals surface area contributed by atoms with E-state index < -0.39 is 94.1 Å². The van der Waals surface area contributed by atoms with Gasteiger partial charge < -0.3 is 20.4 Å². The Balaban J connectivity index is 2.74. The third-order valence-corrected chi connectivity index (χ3v) is 6.94. The van der Waals surface area contributed by atoms with E-state index in [0.717, 1.165) is 32.0 Å². The van der Waals surface area contributed by atoms with Crippen molar-refractivity contribution in [2.24, 2.45) is 0 Å². The van der Waals surface area contributed by atoms with Crippen LogP contribution in [0.1, 0.15) is 42.5 Å². The Morgan fingerprint density at radius 2 is 1.09 bits per heavy atom. The second kappa shape index (κ2) is 11.6. The van der Waals surface area contributed by atoms with E-state index >= 15 is 0 Å². The van der Waals surface area contributed by atoms with Crippen molar-refractivity contribution < 1.29 is 86.3 Å². The molecule has 2 aromatic carbocycles. The summed E-state index contributed by atoms with van der Waals surface area (Å²) in [4.78, 5) is 0. The maximum absolute atomic E-state index is 13.4. The summed E-state index contributed by atoms with van der Waals surface area (Å²) in [6, 6.07) is 4.28. The van der Waals surface area contributed by atoms with Crippen molar-refractivity contribution in [3.63, 3.8) is 0 Å². The molecule has 0 aromatic heterocycles. The lowest BCUT2D eigenvalue weighted by Gasteiger charge is -2.34. The predicted molar refractivity (Wildman–Crippen MR) is 124 cm³/mol. The van der Waals surface area contributed by atoms with Gasteiger partial charge in [0, 0.05) is 17.4 Å². The van der Waals surface area contributed by atoms with E-state index in [1.165, 1.54) is 0 Å². The van der Waals surface area contributed by atoms with Gasteiger partial charge in [-0.15, -0.1) is 0 Å². The number of aromatic hydroxyl groups is 1. The largest absolute Gasteiger partial charge is 0.508 e. The summed E-state index contributed by atoms with van der Waals surface area (Å²) >= 11 is 0. The lowest BCUT2D eigenvalue weighted by atomic mass is 9.76. The lowest BCUT2D eigenvalue weighted by molar-refractivity contribution is -0.376. The number of aliphatic hydroxyl groups is 3. The van der Waals surface area contributed by atoms with Gasteiger partial charge in [0.1, 0.15) is 5.75 Å². The number of hydrogen-bond donors (Lipinski definition) is 4. The highest BCUT2D eigenvalue weighted by Gasteiger charge is 2.72. The Morgan fingerprint density at radius 3 is 1.47 bits per heavy atom. The fraction of sp³-hybridized carbons (Fsp3) is 0.462. The molecular weight excluding hydrogens is 661 g/mol. The fourth-order valence-corrected chi connectivity index (χ4v) is 4.11. The second-order valence-electron chi connectivity index (χ2n) is 10.3. The molecule has 1 unspecified atom stereocenters. The topological polar surface area (TPSA) is 80.9 Å². The Hall–Kier alpha value is -3.19. The lowest BCUT2D eigenvalue weighted by Crippen LogP contribution is -2.55. The van der Waals surface area contributed by atoms with Gasteiger partial charge in [0.25, 0.3) is 11.2 Å². The van der Waals surface area contributed by atoms with E-state index in [0.29, 0.717) is 18.2 Å². The first kappa shape index (κ1) is 38.0. The zero-order valence-electron chi connectivity index (χ0n) is 22.4. The van der Waals surface area contributed by atoms with E-state index in [2.05, 4.69) is 0 Å². The molecule has 0 radical (unpaired) electrons. The average molecular weight is 682 g/mol. The van der Waals surface area contributed by atoms with E-state index in [-0.39, 0.29) is 11.6 Å². The van der Waals surface area contributed by atoms with Crippen LogP contribution in [-0.4, -0.2) is 63.0 Å². The van der Waals surface area contributed by atoms with Gasteiger partial charge in [-0.3, -0.25) is 0 Å². The summed E-state index contributed by atoms with van der Waals surface area (Å²) < 4.78 is 199. The van der Waals surface area contributed by atoms with Crippen LogP contribution in [0.15, 0.2) is 48.5 Å². The number of rotatable bonds is 7. The number of halogens is 15. The standard InChI is InChI=1S/C26H21F15O4/c1-19(2,15-7-8-17(42)16(10-15)21(45,25(36,37)38)26(39,40)41)14-5-3-12(4-6-14)13(9-18(43)22(27,28)29)11-20(44,23(30,31)32)24(33,34)35/h3-8,10-11,18,42-45H,9H2,1-2H3/b13-11+. The van der Waals surface area contributed by atoms with Crippen LogP contribution in [0.4, 0.5) is 65.9 Å². The molecule has 254 valence electrons. The molecule has 45 heavy (non-hydrogen) atoms. The van der Waals surface area contributed by atoms with Crippen LogP contribution in [0, 0.1) is 0 Å². The number of benzene rings is 2. The molecule has 2 aromatic rings. The van der Waals surface area contributed by atoms with Gasteiger partial charge in [-0.05, 0) is 40.5 Å². The van der Waals surface area contributed by atoms with Crippen molar-refractivity contribution in [2.45, 2.75) is 73.9 Å². The molecule has 19 heteroatoms. The van der Waals surface area contributed by atoms with Gasteiger partial charge >= 0.3 is 30.9 Å². The van der Waals surface area contributed by atoms with Crippen LogP contribution in [0.5, 0.6) is 5.75 Å². The summed E-state index contributed by atoms with van der Waals surface area (Å²) in [5.74, 6) is -1.62. The van der Waals surface area contributed by atoms with E-state index in [9.17, 15) is 86.3 Å². The van der Waals surface area contributed by atoms with Gasteiger partial charge in [0.15, 0.2) is 6.10 Å². The number of hydrogen-bond acceptors (Lipinski definition) is 4. The molecular formula is C26H21F15O4. The summed E-state index contributed by atoms with van der Waals surface area (Å²) in [6.45, 7) is 2.29. The first-order valence-electron chi connectivity index (χ1n) is 12.0. The van der Waals surface area contributed by atoms with Gasteiger partial charge in [0.2, 0.25) is 0 Å². The molecule has 0 bridgehead atoms. The zero-order chi connectivity index (χ0) is 35.4. The van der Waals surface area contributed by atoms with Crippen molar-refractivity contribution in [1.82, 2.24) is 0 Å². The molecule has 1 atom stereocenters. The number of phenolic OH excluding ortho intramolecular Hbond substituents is 1. The van der Waals surface area contributed by atoms with Gasteiger partial charge in [-0.1, -0.05) is 44.2 Å². The summed E-state index contributed by atoms with van der Waals surface area (Å²) in [6.07, 6.45) is -37.8. The van der Waals surface area contributed by atoms with Crippen molar-refractivity contribution in [3.05, 3.63) is 70.8 Å². The highest BCUT2D eigenvalue weighted by atomic mass is 19.4. The molecule has 0 amide bonds. The minimum atomic E-state index is -6.51. The van der Waals surface area contributed by atoms with E-state index in [1.807, 2.05) is 0 Å². The quantitative estimate of drug-likeness (QED) is 0.227. The zero-order valence-corrected chi connectivity index (χ0v) is 22.4. The molecule has 0 saturated carbocycles. The minimum absolute atomic E-state index is 0.150. The first-order valence-corrected chi connectivity index (χ1v) is 12.0. The highest BCUT2D eigenvalue weighted by molar-refractivity contribution is 5.68. The Kier molecular flexibility index (Phi) is 9.76. The van der Waals surface area contributed by atoms with Crippen LogP contribution >= 0.6 is 0 Å². The van der Waals surface area contributed by atoms with Gasteiger partial charge in [-0.2, -0.15) is 65.9 Å². The highest BCUT2D eigenvalue weighted by Crippen LogP contribution is 2.53. The SMILES string of the molecule is CC(C)(c1ccc(/C(=C/C(O)(C(F)(F)F)C(F)(F)F)CC(O)C(F)(F)F)cc1)c1ccc(O)c(C(O)(C(F)(F)F)C(F)(F)F)c1. The monoisotopic (exact) mass is 682 g/mol. The fourth-order valence-electron chi connectivity index (χ4n) is 4.11. The Morgan fingerprint density at radius 1 is 0.667 bits per heavy atom. The number of alkyl halides is 15. The second-order valence-corrected chi connectivity index (χ2v) is 10.3. The van der Waals surface area contributed by atoms with Crippen LogP contribution in [0.3, 0.4) is 0 Å². The maximum Gasteiger partial charge on any atom is 0.430 e. The third kappa shape index (κ3) is 7.14. The number of aliphatic hydroxyl groups excluding tert-OH is 1. The van der Waals surface area contributed by atoms with Gasteiger partial charge in [0.05, 0.1) is 0 Å². The number of phenols is 1.